The molecule has 0 spiro atoms. The predicted molar refractivity (Wildman–Crippen MR) is 57.8 cm³/mol. The van der Waals surface area contributed by atoms with Crippen LogP contribution in [-0.2, 0) is 18.6 Å². The first-order valence-corrected chi connectivity index (χ1v) is 6.69. The third kappa shape index (κ3) is 2.86. The first-order chi connectivity index (χ1) is 7.18. The SMILES string of the molecule is CC(=O)C(C(C)=O)[P+]1([O-])OCC(C)(C)CO1. The molecule has 0 atom stereocenters. The lowest BCUT2D eigenvalue weighted by atomic mass is 9.97. The summed E-state index contributed by atoms with van der Waals surface area (Å²) >= 11 is 0. The average Bonchev–Trinajstić information content (AvgIpc) is 2.10. The molecule has 0 N–H and O–H groups in total. The highest BCUT2D eigenvalue weighted by Crippen LogP contribution is 2.61. The van der Waals surface area contributed by atoms with Gasteiger partial charge in [0.05, 0.1) is 0 Å². The van der Waals surface area contributed by atoms with Crippen molar-refractivity contribution in [2.24, 2.45) is 5.41 Å². The Morgan fingerprint density at radius 2 is 1.56 bits per heavy atom. The maximum absolute atomic E-state index is 12.2. The van der Waals surface area contributed by atoms with Crippen molar-refractivity contribution in [2.45, 2.75) is 33.4 Å². The largest absolute Gasteiger partial charge is 0.630 e. The number of hydrogen-bond acceptors (Lipinski definition) is 5. The van der Waals surface area contributed by atoms with Gasteiger partial charge in [-0.2, -0.15) is 0 Å². The topological polar surface area (TPSA) is 75.7 Å². The zero-order valence-electron chi connectivity index (χ0n) is 9.98. The average molecular weight is 248 g/mol. The van der Waals surface area contributed by atoms with Crippen molar-refractivity contribution >= 4 is 19.5 Å². The first-order valence-electron chi connectivity index (χ1n) is 5.08. The molecule has 0 amide bonds. The van der Waals surface area contributed by atoms with Gasteiger partial charge in [-0.05, 0) is 13.8 Å². The van der Waals surface area contributed by atoms with E-state index in [1.54, 1.807) is 0 Å². The lowest BCUT2D eigenvalue weighted by molar-refractivity contribution is -0.235. The van der Waals surface area contributed by atoms with Gasteiger partial charge in [-0.1, -0.05) is 13.8 Å². The second-order valence-corrected chi connectivity index (χ2v) is 6.99. The molecule has 0 radical (unpaired) electrons. The van der Waals surface area contributed by atoms with Crippen LogP contribution in [0.3, 0.4) is 0 Å². The lowest BCUT2D eigenvalue weighted by Gasteiger charge is -2.40. The molecular weight excluding hydrogens is 231 g/mol. The molecule has 92 valence electrons. The van der Waals surface area contributed by atoms with E-state index in [9.17, 15) is 14.5 Å². The summed E-state index contributed by atoms with van der Waals surface area (Å²) in [5.74, 6) is -0.953. The van der Waals surface area contributed by atoms with E-state index >= 15 is 0 Å². The van der Waals surface area contributed by atoms with Crippen LogP contribution in [-0.4, -0.2) is 30.4 Å². The molecule has 0 aromatic heterocycles. The van der Waals surface area contributed by atoms with Crippen LogP contribution >= 0.6 is 7.94 Å². The number of rotatable bonds is 3. The molecule has 1 rings (SSSR count). The summed E-state index contributed by atoms with van der Waals surface area (Å²) in [5, 5.41) is 0. The van der Waals surface area contributed by atoms with E-state index in [1.807, 2.05) is 13.8 Å². The highest BCUT2D eigenvalue weighted by atomic mass is 31.2. The minimum Gasteiger partial charge on any atom is -0.630 e. The molecule has 0 aliphatic carbocycles. The molecular formula is C10H17O5P. The Hall–Kier alpha value is -0.350. The maximum atomic E-state index is 12.2. The van der Waals surface area contributed by atoms with Gasteiger partial charge in [0.2, 0.25) is 5.66 Å². The van der Waals surface area contributed by atoms with Crippen molar-refractivity contribution in [1.29, 1.82) is 0 Å². The minimum atomic E-state index is -3.61. The van der Waals surface area contributed by atoms with Crippen molar-refractivity contribution in [2.75, 3.05) is 13.2 Å². The zero-order chi connectivity index (χ0) is 12.6. The van der Waals surface area contributed by atoms with E-state index in [0.717, 1.165) is 0 Å². The highest BCUT2D eigenvalue weighted by molar-refractivity contribution is 7.62. The van der Waals surface area contributed by atoms with Gasteiger partial charge in [0.25, 0.3) is 7.94 Å². The van der Waals surface area contributed by atoms with Gasteiger partial charge in [0, 0.05) is 5.41 Å². The van der Waals surface area contributed by atoms with Crippen LogP contribution in [0.15, 0.2) is 0 Å². The molecule has 16 heavy (non-hydrogen) atoms. The van der Waals surface area contributed by atoms with E-state index in [-0.39, 0.29) is 18.6 Å². The van der Waals surface area contributed by atoms with E-state index in [4.69, 9.17) is 9.05 Å². The standard InChI is InChI=1S/C10H17O5P/c1-7(11)9(8(2)12)16(13)14-5-10(3,4)6-15-16/h9H,5-6H2,1-4H3. The number of Topliss-reactive ketones (excluding diaryl/α,β-unsaturated/α-hetero) is 2. The Labute approximate surface area is 95.7 Å². The van der Waals surface area contributed by atoms with E-state index < -0.39 is 25.2 Å². The summed E-state index contributed by atoms with van der Waals surface area (Å²) in [6, 6.07) is 0. The minimum absolute atomic E-state index is 0.224. The first kappa shape index (κ1) is 13.7. The summed E-state index contributed by atoms with van der Waals surface area (Å²) in [6.07, 6.45) is 0. The fraction of sp³-hybridized carbons (Fsp3) is 0.800. The van der Waals surface area contributed by atoms with Crippen LogP contribution < -0.4 is 4.89 Å². The molecule has 1 aliphatic heterocycles. The van der Waals surface area contributed by atoms with Gasteiger partial charge in [0.1, 0.15) is 13.2 Å². The Morgan fingerprint density at radius 3 is 1.88 bits per heavy atom. The number of ketones is 2. The molecule has 0 aromatic carbocycles. The fourth-order valence-corrected chi connectivity index (χ4v) is 3.81. The number of carbonyl (C=O) groups excluding carboxylic acids is 2. The summed E-state index contributed by atoms with van der Waals surface area (Å²) in [6.45, 7) is 6.68. The smallest absolute Gasteiger partial charge is 0.255 e. The third-order valence-corrected chi connectivity index (χ3v) is 4.69. The summed E-state index contributed by atoms with van der Waals surface area (Å²) < 4.78 is 10.3. The van der Waals surface area contributed by atoms with Gasteiger partial charge in [-0.3, -0.25) is 9.59 Å². The summed E-state index contributed by atoms with van der Waals surface area (Å²) in [5.41, 5.74) is -1.52. The Bertz CT molecular complexity index is 288. The Kier molecular flexibility index (Phi) is 3.85. The molecule has 1 saturated heterocycles. The second kappa shape index (κ2) is 4.49. The predicted octanol–water partition coefficient (Wildman–Crippen LogP) is 0.729. The molecule has 1 aliphatic rings. The molecule has 0 unspecified atom stereocenters. The van der Waals surface area contributed by atoms with Crippen LogP contribution in [0.5, 0.6) is 0 Å². The van der Waals surface area contributed by atoms with Crippen molar-refractivity contribution in [1.82, 2.24) is 0 Å². The van der Waals surface area contributed by atoms with E-state index in [1.165, 1.54) is 13.8 Å². The van der Waals surface area contributed by atoms with E-state index in [2.05, 4.69) is 0 Å². The van der Waals surface area contributed by atoms with Crippen LogP contribution in [0, 0.1) is 5.41 Å². The zero-order valence-corrected chi connectivity index (χ0v) is 10.9. The van der Waals surface area contributed by atoms with Crippen LogP contribution in [0.2, 0.25) is 0 Å². The van der Waals surface area contributed by atoms with Crippen molar-refractivity contribution in [3.05, 3.63) is 0 Å². The number of hydrogen-bond donors (Lipinski definition) is 0. The maximum Gasteiger partial charge on any atom is 0.255 e. The lowest BCUT2D eigenvalue weighted by Crippen LogP contribution is -2.43. The van der Waals surface area contributed by atoms with Gasteiger partial charge in [-0.25, -0.2) is 9.05 Å². The Morgan fingerprint density at radius 1 is 1.19 bits per heavy atom. The molecule has 5 nitrogen and oxygen atoms in total. The van der Waals surface area contributed by atoms with Gasteiger partial charge in [-0.15, -0.1) is 0 Å². The van der Waals surface area contributed by atoms with Gasteiger partial charge >= 0.3 is 0 Å². The summed E-state index contributed by atoms with van der Waals surface area (Å²) in [4.78, 5) is 34.8. The van der Waals surface area contributed by atoms with Crippen molar-refractivity contribution in [3.63, 3.8) is 0 Å². The normalized spacial score (nSPS) is 23.1. The van der Waals surface area contributed by atoms with Crippen LogP contribution in [0.25, 0.3) is 0 Å². The molecule has 0 aromatic rings. The molecule has 1 heterocycles. The van der Waals surface area contributed by atoms with Crippen molar-refractivity contribution < 1.29 is 23.5 Å². The van der Waals surface area contributed by atoms with Crippen molar-refractivity contribution in [3.8, 4) is 0 Å². The summed E-state index contributed by atoms with van der Waals surface area (Å²) in [7, 11) is -3.61. The molecule has 0 bridgehead atoms. The highest BCUT2D eigenvalue weighted by Gasteiger charge is 2.52. The van der Waals surface area contributed by atoms with Crippen LogP contribution in [0.4, 0.5) is 0 Å². The quantitative estimate of drug-likeness (QED) is 0.543. The molecule has 6 heteroatoms. The Balaban J connectivity index is 2.86. The second-order valence-electron chi connectivity index (χ2n) is 4.87. The molecule has 1 fully saturated rings. The monoisotopic (exact) mass is 248 g/mol. The van der Waals surface area contributed by atoms with Gasteiger partial charge < -0.3 is 4.89 Å². The molecule has 0 saturated carbocycles. The van der Waals surface area contributed by atoms with E-state index in [0.29, 0.717) is 0 Å². The fourth-order valence-electron chi connectivity index (χ4n) is 1.49. The van der Waals surface area contributed by atoms with Gasteiger partial charge in [0.15, 0.2) is 11.6 Å². The third-order valence-electron chi connectivity index (χ3n) is 2.36. The van der Waals surface area contributed by atoms with Crippen LogP contribution in [0.1, 0.15) is 27.7 Å². The number of carbonyl (C=O) groups is 2.